The Morgan fingerprint density at radius 3 is 1.50 bits per heavy atom. The van der Waals surface area contributed by atoms with Crippen LogP contribution in [-0.2, 0) is 22.4 Å². The second-order valence-electron chi connectivity index (χ2n) is 4.11. The molecule has 4 heteroatoms. The zero-order valence-electron chi connectivity index (χ0n) is 9.51. The van der Waals surface area contributed by atoms with E-state index in [0.29, 0.717) is 11.1 Å². The van der Waals surface area contributed by atoms with Gasteiger partial charge in [0.15, 0.2) is 0 Å². The third-order valence-corrected chi connectivity index (χ3v) is 2.67. The van der Waals surface area contributed by atoms with Gasteiger partial charge in [-0.1, -0.05) is 36.4 Å². The molecule has 0 bridgehead atoms. The highest BCUT2D eigenvalue weighted by Gasteiger charge is 2.00. The van der Waals surface area contributed by atoms with Gasteiger partial charge in [-0.15, -0.1) is 0 Å². The van der Waals surface area contributed by atoms with Gasteiger partial charge in [0.05, 0.1) is 0 Å². The number of benzene rings is 2. The first-order valence-electron chi connectivity index (χ1n) is 5.46. The van der Waals surface area contributed by atoms with Crippen molar-refractivity contribution in [2.75, 3.05) is 0 Å². The Kier molecular flexibility index (Phi) is 3.28. The normalized spacial score (nSPS) is 10.4. The van der Waals surface area contributed by atoms with E-state index in [-0.39, 0.29) is 12.8 Å². The van der Waals surface area contributed by atoms with Gasteiger partial charge in [-0.25, -0.2) is 0 Å². The fourth-order valence-electron chi connectivity index (χ4n) is 1.90. The van der Waals surface area contributed by atoms with Gasteiger partial charge < -0.3 is 19.8 Å². The van der Waals surface area contributed by atoms with E-state index in [4.69, 9.17) is 0 Å². The molecule has 0 amide bonds. The van der Waals surface area contributed by atoms with E-state index in [1.165, 1.54) is 0 Å². The Bertz CT molecular complexity index is 561. The molecular weight excluding hydrogens is 232 g/mol. The van der Waals surface area contributed by atoms with E-state index in [1.807, 2.05) is 0 Å². The lowest BCUT2D eigenvalue weighted by Crippen LogP contribution is -2.24. The lowest BCUT2D eigenvalue weighted by Gasteiger charge is -2.07. The summed E-state index contributed by atoms with van der Waals surface area (Å²) in [4.78, 5) is 21.0. The smallest absolute Gasteiger partial charge is 0.0458 e. The van der Waals surface area contributed by atoms with Crippen molar-refractivity contribution < 1.29 is 19.8 Å². The lowest BCUT2D eigenvalue weighted by atomic mass is 10.0. The maximum absolute atomic E-state index is 10.5. The summed E-state index contributed by atoms with van der Waals surface area (Å²) in [5.74, 6) is -2.24. The van der Waals surface area contributed by atoms with Gasteiger partial charge in [0.2, 0.25) is 0 Å². The Labute approximate surface area is 103 Å². The summed E-state index contributed by atoms with van der Waals surface area (Å²) in [6.45, 7) is 0. The van der Waals surface area contributed by atoms with Crippen LogP contribution in [0.25, 0.3) is 10.8 Å². The third-order valence-electron chi connectivity index (χ3n) is 2.67. The van der Waals surface area contributed by atoms with Crippen LogP contribution in [0.5, 0.6) is 0 Å². The summed E-state index contributed by atoms with van der Waals surface area (Å²) in [5.41, 5.74) is 1.32. The van der Waals surface area contributed by atoms with E-state index < -0.39 is 11.9 Å². The van der Waals surface area contributed by atoms with Gasteiger partial charge in [-0.05, 0) is 21.9 Å². The number of hydrogen-bond acceptors (Lipinski definition) is 4. The monoisotopic (exact) mass is 242 g/mol. The van der Waals surface area contributed by atoms with Gasteiger partial charge in [-0.3, -0.25) is 0 Å². The lowest BCUT2D eigenvalue weighted by molar-refractivity contribution is -0.306. The maximum Gasteiger partial charge on any atom is 0.0458 e. The van der Waals surface area contributed by atoms with Crippen molar-refractivity contribution in [3.8, 4) is 0 Å². The predicted molar refractivity (Wildman–Crippen MR) is 61.4 cm³/mol. The highest BCUT2D eigenvalue weighted by atomic mass is 16.4. The van der Waals surface area contributed by atoms with Crippen LogP contribution in [0.2, 0.25) is 0 Å². The molecule has 0 spiro atoms. The van der Waals surface area contributed by atoms with Crippen LogP contribution in [-0.4, -0.2) is 11.9 Å². The minimum absolute atomic E-state index is 0.128. The van der Waals surface area contributed by atoms with Crippen molar-refractivity contribution in [1.82, 2.24) is 0 Å². The average Bonchev–Trinajstić information content (AvgIpc) is 2.27. The van der Waals surface area contributed by atoms with Crippen LogP contribution in [0.15, 0.2) is 36.4 Å². The highest BCUT2D eigenvalue weighted by molar-refractivity contribution is 5.85. The molecule has 0 aliphatic heterocycles. The number of rotatable bonds is 4. The first-order chi connectivity index (χ1) is 8.54. The van der Waals surface area contributed by atoms with Crippen molar-refractivity contribution in [3.63, 3.8) is 0 Å². The van der Waals surface area contributed by atoms with Crippen molar-refractivity contribution in [2.24, 2.45) is 0 Å². The Balaban J connectivity index is 2.35. The number of carboxylic acids is 2. The van der Waals surface area contributed by atoms with Crippen molar-refractivity contribution in [2.45, 2.75) is 12.8 Å². The Morgan fingerprint density at radius 2 is 1.17 bits per heavy atom. The zero-order valence-corrected chi connectivity index (χ0v) is 9.51. The van der Waals surface area contributed by atoms with Gasteiger partial charge in [0, 0.05) is 24.8 Å². The molecule has 18 heavy (non-hydrogen) atoms. The molecule has 0 aliphatic carbocycles. The van der Waals surface area contributed by atoms with Crippen LogP contribution in [0.4, 0.5) is 0 Å². The molecule has 92 valence electrons. The average molecular weight is 242 g/mol. The van der Waals surface area contributed by atoms with Gasteiger partial charge in [0.1, 0.15) is 0 Å². The van der Waals surface area contributed by atoms with Gasteiger partial charge in [-0.2, -0.15) is 0 Å². The highest BCUT2D eigenvalue weighted by Crippen LogP contribution is 2.18. The summed E-state index contributed by atoms with van der Waals surface area (Å²) in [6, 6.07) is 10.4. The first kappa shape index (κ1) is 12.1. The van der Waals surface area contributed by atoms with Crippen molar-refractivity contribution in [3.05, 3.63) is 47.5 Å². The number of fused-ring (bicyclic) bond motifs is 1. The van der Waals surface area contributed by atoms with Crippen LogP contribution in [0, 0.1) is 0 Å². The van der Waals surface area contributed by atoms with E-state index in [0.717, 1.165) is 10.8 Å². The zero-order chi connectivity index (χ0) is 13.1. The molecule has 2 aromatic rings. The molecule has 0 aliphatic rings. The molecule has 0 heterocycles. The Morgan fingerprint density at radius 1 is 0.778 bits per heavy atom. The molecule has 0 atom stereocenters. The minimum atomic E-state index is -1.12. The predicted octanol–water partition coefficient (Wildman–Crippen LogP) is -0.575. The summed E-state index contributed by atoms with van der Waals surface area (Å²) < 4.78 is 0. The van der Waals surface area contributed by atoms with Gasteiger partial charge in [0.25, 0.3) is 0 Å². The van der Waals surface area contributed by atoms with Crippen LogP contribution < -0.4 is 10.2 Å². The molecule has 4 nitrogen and oxygen atoms in total. The maximum atomic E-state index is 10.5. The summed E-state index contributed by atoms with van der Waals surface area (Å²) >= 11 is 0. The Hall–Kier alpha value is -2.36. The molecule has 2 rings (SSSR count). The quantitative estimate of drug-likeness (QED) is 0.718. The molecule has 0 saturated heterocycles. The van der Waals surface area contributed by atoms with E-state index in [1.54, 1.807) is 36.4 Å². The van der Waals surface area contributed by atoms with Gasteiger partial charge >= 0.3 is 0 Å². The number of carbonyl (C=O) groups excluding carboxylic acids is 2. The largest absolute Gasteiger partial charge is 0.550 e. The SMILES string of the molecule is O=C([O-])Cc1ccc2cc(CC(=O)[O-])ccc2c1. The van der Waals surface area contributed by atoms with Crippen LogP contribution in [0.3, 0.4) is 0 Å². The fraction of sp³-hybridized carbons (Fsp3) is 0.143. The molecule has 0 radical (unpaired) electrons. The summed E-state index contributed by atoms with van der Waals surface area (Å²) in [6.07, 6.45) is -0.256. The van der Waals surface area contributed by atoms with E-state index in [2.05, 4.69) is 0 Å². The second kappa shape index (κ2) is 4.87. The molecule has 0 unspecified atom stereocenters. The van der Waals surface area contributed by atoms with Crippen molar-refractivity contribution >= 4 is 22.7 Å². The molecule has 0 aromatic heterocycles. The molecule has 0 saturated carbocycles. The summed E-state index contributed by atoms with van der Waals surface area (Å²) in [7, 11) is 0. The second-order valence-corrected chi connectivity index (χ2v) is 4.11. The molecular formula is C14H10O4-2. The van der Waals surface area contributed by atoms with Crippen LogP contribution in [0.1, 0.15) is 11.1 Å². The topological polar surface area (TPSA) is 80.3 Å². The third kappa shape index (κ3) is 2.85. The van der Waals surface area contributed by atoms with E-state index >= 15 is 0 Å². The van der Waals surface area contributed by atoms with Crippen molar-refractivity contribution in [1.29, 1.82) is 0 Å². The molecule has 2 aromatic carbocycles. The number of hydrogen-bond donors (Lipinski definition) is 0. The number of carboxylic acid groups (broad SMARTS) is 2. The fourth-order valence-corrected chi connectivity index (χ4v) is 1.90. The standard InChI is InChI=1S/C14H12O4/c15-13(16)7-9-1-3-11-6-10(8-14(17)18)2-4-12(11)5-9/h1-6H,7-8H2,(H,15,16)(H,17,18)/p-2. The van der Waals surface area contributed by atoms with Crippen LogP contribution >= 0.6 is 0 Å². The molecule has 0 N–H and O–H groups in total. The minimum Gasteiger partial charge on any atom is -0.550 e. The first-order valence-corrected chi connectivity index (χ1v) is 5.46. The number of aliphatic carboxylic acids is 2. The number of carbonyl (C=O) groups is 2. The molecule has 0 fully saturated rings. The van der Waals surface area contributed by atoms with E-state index in [9.17, 15) is 19.8 Å². The summed E-state index contributed by atoms with van der Waals surface area (Å²) in [5, 5.41) is 22.7.